The molecule has 0 bridgehead atoms. The van der Waals surface area contributed by atoms with Crippen molar-refractivity contribution in [2.45, 2.75) is 51.5 Å². The predicted molar refractivity (Wildman–Crippen MR) is 116 cm³/mol. The van der Waals surface area contributed by atoms with E-state index in [2.05, 4.69) is 49.8 Å². The van der Waals surface area contributed by atoms with Crippen molar-refractivity contribution in [3.05, 3.63) is 57.3 Å². The fourth-order valence-corrected chi connectivity index (χ4v) is 4.66. The summed E-state index contributed by atoms with van der Waals surface area (Å²) in [5.41, 5.74) is 1.98. The van der Waals surface area contributed by atoms with Crippen LogP contribution in [0.3, 0.4) is 0 Å². The van der Waals surface area contributed by atoms with Gasteiger partial charge in [0.15, 0.2) is 8.32 Å². The molecule has 0 fully saturated rings. The fraction of sp³-hybridized carbons (Fsp3) is 0.450. The zero-order valence-electron chi connectivity index (χ0n) is 16.4. The van der Waals surface area contributed by atoms with E-state index < -0.39 is 8.32 Å². The molecule has 4 nitrogen and oxygen atoms in total. The largest absolute Gasteiger partial charge is 0.414 e. The van der Waals surface area contributed by atoms with Gasteiger partial charge >= 0.3 is 6.03 Å². The number of amides is 1. The van der Waals surface area contributed by atoms with Gasteiger partial charge in [-0.2, -0.15) is 0 Å². The molecular weight excluding hydrogens is 444 g/mol. The number of nitrogens with zero attached hydrogens (tertiary/aromatic N) is 2. The maximum absolute atomic E-state index is 13.0. The van der Waals surface area contributed by atoms with Gasteiger partial charge in [-0.25, -0.2) is 4.79 Å². The van der Waals surface area contributed by atoms with Crippen LogP contribution < -0.4 is 0 Å². The number of benzene rings is 1. The Morgan fingerprint density at radius 3 is 2.59 bits per heavy atom. The first-order valence-electron chi connectivity index (χ1n) is 9.07. The molecule has 0 N–H and O–H groups in total. The summed E-state index contributed by atoms with van der Waals surface area (Å²) in [7, 11) is -1.95. The van der Waals surface area contributed by atoms with E-state index in [1.54, 1.807) is 4.57 Å². The van der Waals surface area contributed by atoms with Crippen LogP contribution in [0.15, 0.2) is 41.0 Å². The van der Waals surface area contributed by atoms with E-state index in [0.717, 1.165) is 15.7 Å². The molecule has 0 saturated heterocycles. The third-order valence-electron chi connectivity index (χ3n) is 5.67. The first-order chi connectivity index (χ1) is 12.5. The molecule has 1 aliphatic heterocycles. The minimum atomic E-state index is -1.95. The van der Waals surface area contributed by atoms with Crippen molar-refractivity contribution in [2.24, 2.45) is 0 Å². The van der Waals surface area contributed by atoms with Gasteiger partial charge in [-0.1, -0.05) is 44.5 Å². The maximum atomic E-state index is 13.0. The van der Waals surface area contributed by atoms with Crippen molar-refractivity contribution in [1.29, 1.82) is 0 Å². The van der Waals surface area contributed by atoms with Crippen LogP contribution in [0, 0.1) is 0 Å². The van der Waals surface area contributed by atoms with Crippen molar-refractivity contribution >= 4 is 41.9 Å². The molecule has 3 rings (SSSR count). The molecule has 1 atom stereocenters. The van der Waals surface area contributed by atoms with E-state index >= 15 is 0 Å². The summed E-state index contributed by atoms with van der Waals surface area (Å²) >= 11 is 9.68. The van der Waals surface area contributed by atoms with Crippen LogP contribution in [0.5, 0.6) is 0 Å². The van der Waals surface area contributed by atoms with Crippen LogP contribution in [0.2, 0.25) is 23.2 Å². The van der Waals surface area contributed by atoms with Gasteiger partial charge in [0.2, 0.25) is 0 Å². The van der Waals surface area contributed by atoms with Gasteiger partial charge in [-0.3, -0.25) is 4.57 Å². The number of aromatic nitrogens is 1. The Morgan fingerprint density at radius 1 is 1.30 bits per heavy atom. The van der Waals surface area contributed by atoms with Crippen molar-refractivity contribution in [3.8, 4) is 0 Å². The Balaban J connectivity index is 1.90. The quantitative estimate of drug-likeness (QED) is 0.471. The highest BCUT2D eigenvalue weighted by Crippen LogP contribution is 2.39. The van der Waals surface area contributed by atoms with E-state index in [1.807, 2.05) is 41.4 Å². The van der Waals surface area contributed by atoms with Gasteiger partial charge in [0, 0.05) is 21.4 Å². The van der Waals surface area contributed by atoms with Crippen LogP contribution in [-0.4, -0.2) is 30.4 Å². The fourth-order valence-electron chi connectivity index (χ4n) is 2.98. The maximum Gasteiger partial charge on any atom is 0.329 e. The number of carbonyl (C=O) groups excluding carboxylic acids is 1. The molecule has 1 aromatic carbocycles. The standard InChI is InChI=1S/C20H26BrClN2O2Si/c1-20(2,3)27(4,5)26-13-18(14-7-6-8-16(22)9-14)24-12-17-10-15(21)11-23(17)19(24)25/h6-11,18H,12-13H2,1-5H3. The highest BCUT2D eigenvalue weighted by atomic mass is 79.9. The zero-order valence-corrected chi connectivity index (χ0v) is 19.8. The molecule has 0 saturated carbocycles. The lowest BCUT2D eigenvalue weighted by Crippen LogP contribution is -2.44. The second-order valence-corrected chi connectivity index (χ2v) is 14.7. The van der Waals surface area contributed by atoms with Gasteiger partial charge < -0.3 is 9.33 Å². The van der Waals surface area contributed by atoms with E-state index in [-0.39, 0.29) is 17.1 Å². The van der Waals surface area contributed by atoms with Crippen LogP contribution in [0.1, 0.15) is 38.1 Å². The molecule has 2 heterocycles. The SMILES string of the molecule is CC(C)(C)[Si](C)(C)OCC(c1cccc(Cl)c1)N1Cc2cc(Br)cn2C1=O. The minimum absolute atomic E-state index is 0.0282. The monoisotopic (exact) mass is 468 g/mol. The second kappa shape index (κ2) is 7.39. The third kappa shape index (κ3) is 4.19. The number of fused-ring (bicyclic) bond motifs is 1. The molecule has 0 spiro atoms. The number of halogens is 2. The van der Waals surface area contributed by atoms with Gasteiger partial charge in [0.25, 0.3) is 0 Å². The third-order valence-corrected chi connectivity index (χ3v) is 10.8. The molecule has 1 unspecified atom stereocenters. The Morgan fingerprint density at radius 2 is 2.00 bits per heavy atom. The Hall–Kier alpha value is -1.08. The first-order valence-corrected chi connectivity index (χ1v) is 13.1. The van der Waals surface area contributed by atoms with Crippen LogP contribution in [0.4, 0.5) is 4.79 Å². The lowest BCUT2D eigenvalue weighted by atomic mass is 10.1. The van der Waals surface area contributed by atoms with Crippen LogP contribution in [0.25, 0.3) is 0 Å². The molecule has 0 aliphatic carbocycles. The molecule has 1 aliphatic rings. The number of rotatable bonds is 5. The smallest absolute Gasteiger partial charge is 0.329 e. The van der Waals surface area contributed by atoms with Gasteiger partial charge in [-0.15, -0.1) is 0 Å². The van der Waals surface area contributed by atoms with Gasteiger partial charge in [0.1, 0.15) is 0 Å². The first kappa shape index (κ1) is 20.6. The van der Waals surface area contributed by atoms with Crippen molar-refractivity contribution < 1.29 is 9.22 Å². The number of hydrogen-bond acceptors (Lipinski definition) is 2. The number of carbonyl (C=O) groups is 1. The molecule has 146 valence electrons. The Bertz CT molecular complexity index is 860. The average molecular weight is 470 g/mol. The lowest BCUT2D eigenvalue weighted by molar-refractivity contribution is 0.144. The summed E-state index contributed by atoms with van der Waals surface area (Å²) in [6.07, 6.45) is 1.82. The van der Waals surface area contributed by atoms with E-state index in [0.29, 0.717) is 18.2 Å². The summed E-state index contributed by atoms with van der Waals surface area (Å²) < 4.78 is 9.11. The molecule has 7 heteroatoms. The topological polar surface area (TPSA) is 34.5 Å². The lowest BCUT2D eigenvalue weighted by Gasteiger charge is -2.38. The van der Waals surface area contributed by atoms with Crippen molar-refractivity contribution in [2.75, 3.05) is 6.61 Å². The molecule has 1 aromatic heterocycles. The summed E-state index contributed by atoms with van der Waals surface area (Å²) in [4.78, 5) is 14.9. The Labute approximate surface area is 175 Å². The minimum Gasteiger partial charge on any atom is -0.414 e. The highest BCUT2D eigenvalue weighted by molar-refractivity contribution is 9.10. The van der Waals surface area contributed by atoms with Crippen molar-refractivity contribution in [1.82, 2.24) is 9.47 Å². The Kier molecular flexibility index (Phi) is 5.65. The zero-order chi connectivity index (χ0) is 20.0. The summed E-state index contributed by atoms with van der Waals surface area (Å²) in [5, 5.41) is 0.774. The molecule has 0 radical (unpaired) electrons. The van der Waals surface area contributed by atoms with E-state index in [4.69, 9.17) is 16.0 Å². The van der Waals surface area contributed by atoms with E-state index in [1.165, 1.54) is 0 Å². The van der Waals surface area contributed by atoms with Crippen molar-refractivity contribution in [3.63, 3.8) is 0 Å². The predicted octanol–water partition coefficient (Wildman–Crippen LogP) is 6.45. The van der Waals surface area contributed by atoms with Gasteiger partial charge in [0.05, 0.1) is 19.2 Å². The van der Waals surface area contributed by atoms with Crippen LogP contribution >= 0.6 is 27.5 Å². The molecule has 1 amide bonds. The highest BCUT2D eigenvalue weighted by Gasteiger charge is 2.40. The number of hydrogen-bond donors (Lipinski definition) is 0. The second-order valence-electron chi connectivity index (χ2n) is 8.57. The molecule has 2 aromatic rings. The summed E-state index contributed by atoms with van der Waals surface area (Å²) in [6.45, 7) is 12.1. The summed E-state index contributed by atoms with van der Waals surface area (Å²) in [6, 6.07) is 9.50. The normalized spacial score (nSPS) is 16.0. The van der Waals surface area contributed by atoms with E-state index in [9.17, 15) is 4.79 Å². The van der Waals surface area contributed by atoms with Crippen LogP contribution in [-0.2, 0) is 11.0 Å². The molecule has 27 heavy (non-hydrogen) atoms. The average Bonchev–Trinajstić information content (AvgIpc) is 3.05. The molecular formula is C20H26BrClN2O2Si. The summed E-state index contributed by atoms with van der Waals surface area (Å²) in [5.74, 6) is 0. The van der Waals surface area contributed by atoms with Gasteiger partial charge in [-0.05, 0) is 57.8 Å².